The number of imidazole rings is 1. The van der Waals surface area contributed by atoms with Gasteiger partial charge in [-0.3, -0.25) is 4.79 Å². The molecule has 7 nitrogen and oxygen atoms in total. The Balaban J connectivity index is 0.000000345. The van der Waals surface area contributed by atoms with Crippen molar-refractivity contribution in [3.05, 3.63) is 17.7 Å². The number of hydrogen-bond donors (Lipinski definition) is 1. The van der Waals surface area contributed by atoms with E-state index in [1.807, 2.05) is 18.2 Å². The molecule has 28 heavy (non-hydrogen) atoms. The molecular formula is C18H26F3N3O4. The van der Waals surface area contributed by atoms with Crippen LogP contribution in [0.15, 0.2) is 6.33 Å². The van der Waals surface area contributed by atoms with Gasteiger partial charge in [0.1, 0.15) is 0 Å². The molecule has 0 bridgehead atoms. The minimum absolute atomic E-state index is 0.237. The van der Waals surface area contributed by atoms with Gasteiger partial charge in [-0.2, -0.15) is 13.2 Å². The maximum absolute atomic E-state index is 12.2. The van der Waals surface area contributed by atoms with Crippen LogP contribution in [-0.2, 0) is 27.4 Å². The Labute approximate surface area is 161 Å². The smallest absolute Gasteiger partial charge is 0.475 e. The number of alkyl halides is 3. The molecular weight excluding hydrogens is 379 g/mol. The zero-order valence-corrected chi connectivity index (χ0v) is 16.0. The lowest BCUT2D eigenvalue weighted by molar-refractivity contribution is -0.192. The molecule has 1 aliphatic heterocycles. The van der Waals surface area contributed by atoms with E-state index in [0.717, 1.165) is 31.1 Å². The summed E-state index contributed by atoms with van der Waals surface area (Å²) in [4.78, 5) is 27.6. The van der Waals surface area contributed by atoms with E-state index in [9.17, 15) is 18.0 Å². The summed E-state index contributed by atoms with van der Waals surface area (Å²) in [7, 11) is 1.73. The highest BCUT2D eigenvalue weighted by atomic mass is 19.4. The normalized spacial score (nSPS) is 18.9. The average Bonchev–Trinajstić information content (AvgIpc) is 3.33. The second-order valence-electron chi connectivity index (χ2n) is 7.15. The molecule has 1 atom stereocenters. The molecule has 1 fully saturated rings. The summed E-state index contributed by atoms with van der Waals surface area (Å²) < 4.78 is 39.4. The lowest BCUT2D eigenvalue weighted by atomic mass is 9.98. The van der Waals surface area contributed by atoms with Gasteiger partial charge in [0.25, 0.3) is 0 Å². The quantitative estimate of drug-likeness (QED) is 0.787. The molecule has 3 rings (SSSR count). The van der Waals surface area contributed by atoms with Crippen LogP contribution in [0.4, 0.5) is 13.2 Å². The third-order valence-electron chi connectivity index (χ3n) is 4.70. The van der Waals surface area contributed by atoms with Crippen LogP contribution in [0.2, 0.25) is 0 Å². The minimum atomic E-state index is -5.08. The van der Waals surface area contributed by atoms with Crippen molar-refractivity contribution < 1.29 is 32.6 Å². The van der Waals surface area contributed by atoms with Crippen LogP contribution in [0.5, 0.6) is 0 Å². The first kappa shape index (κ1) is 22.2. The molecule has 2 heterocycles. The molecule has 0 spiro atoms. The number of aliphatic carboxylic acids is 1. The first-order chi connectivity index (χ1) is 13.2. The number of aromatic nitrogens is 2. The van der Waals surface area contributed by atoms with Crippen molar-refractivity contribution in [2.45, 2.75) is 57.8 Å². The van der Waals surface area contributed by atoms with E-state index in [-0.39, 0.29) is 11.8 Å². The largest absolute Gasteiger partial charge is 0.490 e. The SMILES string of the molecule is CCCC(=O)N1Cc2ncn(CC3CC3)c2C(COC)C1.O=C(O)C(F)(F)F. The van der Waals surface area contributed by atoms with Crippen LogP contribution < -0.4 is 0 Å². The topological polar surface area (TPSA) is 84.7 Å². The highest BCUT2D eigenvalue weighted by Gasteiger charge is 2.38. The Morgan fingerprint density at radius 2 is 2.00 bits per heavy atom. The van der Waals surface area contributed by atoms with Gasteiger partial charge in [0.05, 0.1) is 25.2 Å². The first-order valence-corrected chi connectivity index (χ1v) is 9.28. The number of hydrogen-bond acceptors (Lipinski definition) is 4. The zero-order chi connectivity index (χ0) is 20.9. The van der Waals surface area contributed by atoms with Crippen molar-refractivity contribution >= 4 is 11.9 Å². The maximum atomic E-state index is 12.2. The second-order valence-corrected chi connectivity index (χ2v) is 7.15. The molecule has 0 aromatic carbocycles. The van der Waals surface area contributed by atoms with Gasteiger partial charge in [0.15, 0.2) is 0 Å². The summed E-state index contributed by atoms with van der Waals surface area (Å²) in [6.45, 7) is 5.19. The molecule has 1 unspecified atom stereocenters. The van der Waals surface area contributed by atoms with Gasteiger partial charge in [0.2, 0.25) is 5.91 Å². The summed E-state index contributed by atoms with van der Waals surface area (Å²) in [5.41, 5.74) is 2.36. The summed E-state index contributed by atoms with van der Waals surface area (Å²) in [6.07, 6.45) is 1.07. The van der Waals surface area contributed by atoms with Crippen molar-refractivity contribution in [2.24, 2.45) is 5.92 Å². The van der Waals surface area contributed by atoms with Crippen LogP contribution in [0, 0.1) is 5.92 Å². The van der Waals surface area contributed by atoms with Crippen molar-refractivity contribution in [1.82, 2.24) is 14.5 Å². The molecule has 1 N–H and O–H groups in total. The number of halogens is 3. The Hall–Kier alpha value is -2.10. The van der Waals surface area contributed by atoms with E-state index >= 15 is 0 Å². The van der Waals surface area contributed by atoms with E-state index < -0.39 is 12.1 Å². The number of amides is 1. The third-order valence-corrected chi connectivity index (χ3v) is 4.70. The first-order valence-electron chi connectivity index (χ1n) is 9.28. The lowest BCUT2D eigenvalue weighted by Gasteiger charge is -2.33. The third kappa shape index (κ3) is 5.95. The molecule has 1 aromatic rings. The van der Waals surface area contributed by atoms with E-state index in [0.29, 0.717) is 19.6 Å². The van der Waals surface area contributed by atoms with Gasteiger partial charge >= 0.3 is 12.1 Å². The molecule has 1 amide bonds. The monoisotopic (exact) mass is 405 g/mol. The molecule has 0 saturated heterocycles. The molecule has 1 aromatic heterocycles. The van der Waals surface area contributed by atoms with Gasteiger partial charge in [-0.15, -0.1) is 0 Å². The number of rotatable bonds is 6. The predicted octanol–water partition coefficient (Wildman–Crippen LogP) is 2.80. The van der Waals surface area contributed by atoms with Crippen LogP contribution >= 0.6 is 0 Å². The Bertz CT molecular complexity index is 686. The summed E-state index contributed by atoms with van der Waals surface area (Å²) >= 11 is 0. The van der Waals surface area contributed by atoms with Crippen molar-refractivity contribution in [1.29, 1.82) is 0 Å². The Kier molecular flexibility index (Phi) is 7.45. The lowest BCUT2D eigenvalue weighted by Crippen LogP contribution is -2.40. The standard InChI is InChI=1S/C16H25N3O2.C2HF3O2/c1-3-4-15(20)18-8-13(10-21-2)16-14(9-18)17-11-19(16)7-12-5-6-12;3-2(4,5)1(6)7/h11-13H,3-10H2,1-2H3;(H,6,7). The summed E-state index contributed by atoms with van der Waals surface area (Å²) in [5.74, 6) is -1.44. The van der Waals surface area contributed by atoms with Crippen LogP contribution in [0.3, 0.4) is 0 Å². The molecule has 2 aliphatic rings. The van der Waals surface area contributed by atoms with Crippen molar-refractivity contribution in [3.8, 4) is 0 Å². The molecule has 158 valence electrons. The molecule has 10 heteroatoms. The Morgan fingerprint density at radius 3 is 2.50 bits per heavy atom. The maximum Gasteiger partial charge on any atom is 0.490 e. The van der Waals surface area contributed by atoms with Crippen LogP contribution in [0.1, 0.15) is 49.9 Å². The van der Waals surface area contributed by atoms with Gasteiger partial charge in [0, 0.05) is 38.2 Å². The van der Waals surface area contributed by atoms with Crippen LogP contribution in [-0.4, -0.2) is 57.9 Å². The van der Waals surface area contributed by atoms with Crippen LogP contribution in [0.25, 0.3) is 0 Å². The second kappa shape index (κ2) is 9.40. The zero-order valence-electron chi connectivity index (χ0n) is 16.0. The molecule has 0 radical (unpaired) electrons. The van der Waals surface area contributed by atoms with Gasteiger partial charge in [-0.05, 0) is 25.2 Å². The van der Waals surface area contributed by atoms with Crippen molar-refractivity contribution in [2.75, 3.05) is 20.3 Å². The Morgan fingerprint density at radius 1 is 1.36 bits per heavy atom. The summed E-state index contributed by atoms with van der Waals surface area (Å²) in [5, 5.41) is 7.12. The number of fused-ring (bicyclic) bond motifs is 1. The predicted molar refractivity (Wildman–Crippen MR) is 93.6 cm³/mol. The number of carbonyl (C=O) groups excluding carboxylic acids is 1. The van der Waals surface area contributed by atoms with E-state index in [1.165, 1.54) is 18.5 Å². The highest BCUT2D eigenvalue weighted by Crippen LogP contribution is 2.34. The van der Waals surface area contributed by atoms with E-state index in [2.05, 4.69) is 9.55 Å². The van der Waals surface area contributed by atoms with Gasteiger partial charge in [-0.25, -0.2) is 9.78 Å². The van der Waals surface area contributed by atoms with E-state index in [1.54, 1.807) is 7.11 Å². The van der Waals surface area contributed by atoms with E-state index in [4.69, 9.17) is 14.6 Å². The molecule has 1 saturated carbocycles. The fraction of sp³-hybridized carbons (Fsp3) is 0.722. The van der Waals surface area contributed by atoms with Gasteiger partial charge < -0.3 is 19.3 Å². The number of carboxylic acids is 1. The fourth-order valence-electron chi connectivity index (χ4n) is 3.24. The van der Waals surface area contributed by atoms with Gasteiger partial charge in [-0.1, -0.05) is 6.92 Å². The number of ether oxygens (including phenoxy) is 1. The number of carbonyl (C=O) groups is 2. The highest BCUT2D eigenvalue weighted by molar-refractivity contribution is 5.76. The fourth-order valence-corrected chi connectivity index (χ4v) is 3.24. The average molecular weight is 405 g/mol. The number of carboxylic acid groups (broad SMARTS) is 1. The summed E-state index contributed by atoms with van der Waals surface area (Å²) in [6, 6.07) is 0. The number of nitrogens with zero attached hydrogens (tertiary/aromatic N) is 3. The minimum Gasteiger partial charge on any atom is -0.475 e. The van der Waals surface area contributed by atoms with Crippen molar-refractivity contribution in [3.63, 3.8) is 0 Å². The number of methoxy groups -OCH3 is 1. The molecule has 1 aliphatic carbocycles.